The second-order valence-electron chi connectivity index (χ2n) is 8.05. The summed E-state index contributed by atoms with van der Waals surface area (Å²) in [4.78, 5) is 28.5. The Kier molecular flexibility index (Phi) is 5.48. The highest BCUT2D eigenvalue weighted by Gasteiger charge is 2.36. The minimum Gasteiger partial charge on any atom is -0.485 e. The molecule has 1 saturated heterocycles. The van der Waals surface area contributed by atoms with E-state index >= 15 is 0 Å². The van der Waals surface area contributed by atoms with E-state index in [4.69, 9.17) is 14.2 Å². The van der Waals surface area contributed by atoms with Gasteiger partial charge in [0, 0.05) is 20.1 Å². The number of fused-ring (bicyclic) bond motifs is 1. The van der Waals surface area contributed by atoms with E-state index < -0.39 is 11.7 Å². The molecule has 0 spiro atoms. The second kappa shape index (κ2) is 7.66. The summed E-state index contributed by atoms with van der Waals surface area (Å²) >= 11 is 0. The van der Waals surface area contributed by atoms with Gasteiger partial charge in [0.05, 0.1) is 6.04 Å². The lowest BCUT2D eigenvalue weighted by molar-refractivity contribution is -0.140. The molecule has 0 aromatic heterocycles. The van der Waals surface area contributed by atoms with Gasteiger partial charge in [0.15, 0.2) is 11.5 Å². The van der Waals surface area contributed by atoms with Gasteiger partial charge in [-0.05, 0) is 45.7 Å². The topological polar surface area (TPSA) is 68.3 Å². The summed E-state index contributed by atoms with van der Waals surface area (Å²) in [5, 5.41) is 0. The Morgan fingerprint density at radius 3 is 2.67 bits per heavy atom. The predicted molar refractivity (Wildman–Crippen MR) is 100.0 cm³/mol. The van der Waals surface area contributed by atoms with Crippen LogP contribution in [-0.2, 0) is 9.53 Å². The number of rotatable bonds is 3. The highest BCUT2D eigenvalue weighted by Crippen LogP contribution is 2.31. The smallest absolute Gasteiger partial charge is 0.410 e. The molecule has 2 aliphatic rings. The maximum atomic E-state index is 12.8. The number of likely N-dealkylation sites (N-methyl/N-ethyl adjacent to an activating group) is 1. The molecule has 2 amide bonds. The van der Waals surface area contributed by atoms with Crippen LogP contribution in [-0.4, -0.2) is 66.3 Å². The molecular formula is C20H28N2O5. The summed E-state index contributed by atoms with van der Waals surface area (Å²) in [6.07, 6.45) is 0.752. The van der Waals surface area contributed by atoms with Gasteiger partial charge in [-0.25, -0.2) is 4.79 Å². The minimum atomic E-state index is -0.679. The molecule has 1 fully saturated rings. The number of carbonyl (C=O) groups excluding carboxylic acids is 2. The molecule has 0 saturated carbocycles. The molecule has 0 N–H and O–H groups in total. The third kappa shape index (κ3) is 4.64. The van der Waals surface area contributed by atoms with Crippen molar-refractivity contribution in [3.63, 3.8) is 0 Å². The Morgan fingerprint density at radius 1 is 1.26 bits per heavy atom. The third-order valence-electron chi connectivity index (χ3n) is 4.65. The number of amides is 2. The summed E-state index contributed by atoms with van der Waals surface area (Å²) < 4.78 is 16.9. The number of likely N-dealkylation sites (tertiary alicyclic amines) is 1. The minimum absolute atomic E-state index is 0.0504. The summed E-state index contributed by atoms with van der Waals surface area (Å²) in [7, 11) is 1.73. The number of para-hydroxylation sites is 2. The van der Waals surface area contributed by atoms with Crippen LogP contribution in [0, 0.1) is 0 Å². The zero-order valence-electron chi connectivity index (χ0n) is 16.4. The molecule has 1 aromatic rings. The van der Waals surface area contributed by atoms with Crippen LogP contribution in [0.5, 0.6) is 11.5 Å². The van der Waals surface area contributed by atoms with Gasteiger partial charge in [0.1, 0.15) is 12.2 Å². The molecule has 0 bridgehead atoms. The Balaban J connectivity index is 1.58. The number of carbonyl (C=O) groups is 2. The van der Waals surface area contributed by atoms with Crippen LogP contribution < -0.4 is 9.47 Å². The Bertz CT molecular complexity index is 700. The number of hydrogen-bond donors (Lipinski definition) is 0. The quantitative estimate of drug-likeness (QED) is 0.811. The molecule has 27 heavy (non-hydrogen) atoms. The molecule has 3 rings (SSSR count). The normalized spacial score (nSPS) is 21.7. The molecule has 148 valence electrons. The molecule has 2 heterocycles. The highest BCUT2D eigenvalue weighted by molar-refractivity contribution is 5.81. The van der Waals surface area contributed by atoms with Gasteiger partial charge in [0.2, 0.25) is 6.10 Å². The summed E-state index contributed by atoms with van der Waals surface area (Å²) in [6, 6.07) is 7.26. The number of ether oxygens (including phenoxy) is 3. The molecule has 1 aromatic carbocycles. The average Bonchev–Trinajstić information content (AvgIpc) is 3.07. The Labute approximate surface area is 160 Å². The molecular weight excluding hydrogens is 348 g/mol. The molecule has 0 radical (unpaired) electrons. The zero-order chi connectivity index (χ0) is 19.6. The summed E-state index contributed by atoms with van der Waals surface area (Å²) in [5.41, 5.74) is -0.535. The molecule has 0 aliphatic carbocycles. The highest BCUT2D eigenvalue weighted by atomic mass is 16.6. The lowest BCUT2D eigenvalue weighted by atomic mass is 10.2. The largest absolute Gasteiger partial charge is 0.485 e. The van der Waals surface area contributed by atoms with Gasteiger partial charge in [-0.1, -0.05) is 12.1 Å². The summed E-state index contributed by atoms with van der Waals surface area (Å²) in [5.74, 6) is 1.07. The lowest BCUT2D eigenvalue weighted by Crippen LogP contribution is -2.50. The van der Waals surface area contributed by atoms with Crippen molar-refractivity contribution in [2.24, 2.45) is 0 Å². The van der Waals surface area contributed by atoms with Gasteiger partial charge in [-0.3, -0.25) is 4.79 Å². The van der Waals surface area contributed by atoms with Crippen LogP contribution in [0.1, 0.15) is 33.6 Å². The fourth-order valence-electron chi connectivity index (χ4n) is 3.38. The molecule has 2 aliphatic heterocycles. The van der Waals surface area contributed by atoms with Crippen molar-refractivity contribution in [1.82, 2.24) is 9.80 Å². The first-order valence-corrected chi connectivity index (χ1v) is 9.37. The van der Waals surface area contributed by atoms with E-state index in [1.807, 2.05) is 39.0 Å². The third-order valence-corrected chi connectivity index (χ3v) is 4.65. The Morgan fingerprint density at radius 2 is 1.96 bits per heavy atom. The van der Waals surface area contributed by atoms with Crippen molar-refractivity contribution in [1.29, 1.82) is 0 Å². The van der Waals surface area contributed by atoms with Gasteiger partial charge >= 0.3 is 6.09 Å². The average molecular weight is 376 g/mol. The van der Waals surface area contributed by atoms with Crippen molar-refractivity contribution >= 4 is 12.0 Å². The second-order valence-corrected chi connectivity index (χ2v) is 8.05. The molecule has 0 unspecified atom stereocenters. The summed E-state index contributed by atoms with van der Waals surface area (Å²) in [6.45, 7) is 6.83. The van der Waals surface area contributed by atoms with E-state index in [1.54, 1.807) is 22.9 Å². The fourth-order valence-corrected chi connectivity index (χ4v) is 3.38. The monoisotopic (exact) mass is 376 g/mol. The van der Waals surface area contributed by atoms with Crippen LogP contribution in [0.3, 0.4) is 0 Å². The molecule has 2 atom stereocenters. The van der Waals surface area contributed by atoms with Crippen molar-refractivity contribution in [3.05, 3.63) is 24.3 Å². The SMILES string of the molecule is CN(C[C@@H]1CCCN1C(=O)OC(C)(C)C)C(=O)[C@H]1COc2ccccc2O1. The van der Waals surface area contributed by atoms with E-state index in [9.17, 15) is 9.59 Å². The first kappa shape index (κ1) is 19.3. The first-order valence-electron chi connectivity index (χ1n) is 9.37. The van der Waals surface area contributed by atoms with Crippen molar-refractivity contribution < 1.29 is 23.8 Å². The molecule has 7 heteroatoms. The maximum absolute atomic E-state index is 12.8. The number of nitrogens with zero attached hydrogens (tertiary/aromatic N) is 2. The maximum Gasteiger partial charge on any atom is 0.410 e. The van der Waals surface area contributed by atoms with Crippen LogP contribution in [0.25, 0.3) is 0 Å². The van der Waals surface area contributed by atoms with Crippen molar-refractivity contribution in [3.8, 4) is 11.5 Å². The van der Waals surface area contributed by atoms with E-state index in [1.165, 1.54) is 0 Å². The lowest BCUT2D eigenvalue weighted by Gasteiger charge is -2.33. The van der Waals surface area contributed by atoms with Gasteiger partial charge in [-0.2, -0.15) is 0 Å². The van der Waals surface area contributed by atoms with E-state index in [0.29, 0.717) is 24.6 Å². The van der Waals surface area contributed by atoms with Crippen LogP contribution in [0.15, 0.2) is 24.3 Å². The van der Waals surface area contributed by atoms with E-state index in [0.717, 1.165) is 12.8 Å². The van der Waals surface area contributed by atoms with Gasteiger partial charge in [-0.15, -0.1) is 0 Å². The van der Waals surface area contributed by atoms with Crippen LogP contribution in [0.4, 0.5) is 4.79 Å². The van der Waals surface area contributed by atoms with E-state index in [2.05, 4.69) is 0 Å². The van der Waals surface area contributed by atoms with Crippen LogP contribution >= 0.6 is 0 Å². The van der Waals surface area contributed by atoms with E-state index in [-0.39, 0.29) is 24.6 Å². The standard InChI is InChI=1S/C20H28N2O5/c1-20(2,3)27-19(24)22-11-7-8-14(22)12-21(4)18(23)17-13-25-15-9-5-6-10-16(15)26-17/h5-6,9-10,14,17H,7-8,11-13H2,1-4H3/t14-,17+/m0/s1. The molecule has 7 nitrogen and oxygen atoms in total. The van der Waals surface area contributed by atoms with Crippen LogP contribution in [0.2, 0.25) is 0 Å². The van der Waals surface area contributed by atoms with Crippen molar-refractivity contribution in [2.45, 2.75) is 51.4 Å². The fraction of sp³-hybridized carbons (Fsp3) is 0.600. The number of hydrogen-bond acceptors (Lipinski definition) is 5. The zero-order valence-corrected chi connectivity index (χ0v) is 16.4. The number of benzene rings is 1. The van der Waals surface area contributed by atoms with Gasteiger partial charge < -0.3 is 24.0 Å². The van der Waals surface area contributed by atoms with Crippen molar-refractivity contribution in [2.75, 3.05) is 26.7 Å². The first-order chi connectivity index (χ1) is 12.7. The predicted octanol–water partition coefficient (Wildman–Crippen LogP) is 2.68. The van der Waals surface area contributed by atoms with Gasteiger partial charge in [0.25, 0.3) is 5.91 Å². The Hall–Kier alpha value is -2.44.